The van der Waals surface area contributed by atoms with Gasteiger partial charge in [-0.1, -0.05) is 42.0 Å². The van der Waals surface area contributed by atoms with Gasteiger partial charge in [0.05, 0.1) is 12.4 Å². The molecule has 0 bridgehead atoms. The predicted molar refractivity (Wildman–Crippen MR) is 84.6 cm³/mol. The van der Waals surface area contributed by atoms with Gasteiger partial charge in [0, 0.05) is 12.8 Å². The molecule has 0 radical (unpaired) electrons. The van der Waals surface area contributed by atoms with Gasteiger partial charge in [-0.05, 0) is 30.2 Å². The van der Waals surface area contributed by atoms with E-state index in [1.54, 1.807) is 25.3 Å². The maximum Gasteiger partial charge on any atom is 0.236 e. The Morgan fingerprint density at radius 2 is 1.76 bits per heavy atom. The number of ether oxygens (including phenoxy) is 1. The van der Waals surface area contributed by atoms with E-state index in [2.05, 4.69) is 4.72 Å². The molecule has 0 saturated carbocycles. The van der Waals surface area contributed by atoms with Crippen LogP contribution in [0.25, 0.3) is 0 Å². The van der Waals surface area contributed by atoms with Crippen molar-refractivity contribution in [2.75, 3.05) is 11.8 Å². The number of rotatable bonds is 6. The highest BCUT2D eigenvalue weighted by Gasteiger charge is 2.12. The summed E-state index contributed by atoms with van der Waals surface area (Å²) in [7, 11) is -1.82. The molecule has 0 amide bonds. The van der Waals surface area contributed by atoms with Crippen molar-refractivity contribution < 1.29 is 13.2 Å². The summed E-state index contributed by atoms with van der Waals surface area (Å²) in [5.74, 6) is -0.0385. The van der Waals surface area contributed by atoms with Gasteiger partial charge in [0.25, 0.3) is 0 Å². The van der Waals surface area contributed by atoms with Crippen LogP contribution in [0.2, 0.25) is 0 Å². The molecule has 0 saturated heterocycles. The van der Waals surface area contributed by atoms with Crippen molar-refractivity contribution >= 4 is 15.7 Å². The summed E-state index contributed by atoms with van der Waals surface area (Å²) in [6.45, 7) is 2.39. The highest BCUT2D eigenvalue weighted by atomic mass is 32.2. The minimum Gasteiger partial charge on any atom is -0.380 e. The van der Waals surface area contributed by atoms with Crippen LogP contribution in [0.3, 0.4) is 0 Å². The fourth-order valence-electron chi connectivity index (χ4n) is 2.13. The Balaban J connectivity index is 2.12. The zero-order valence-corrected chi connectivity index (χ0v) is 13.0. The van der Waals surface area contributed by atoms with E-state index in [1.165, 1.54) is 0 Å². The van der Waals surface area contributed by atoms with Crippen LogP contribution in [0.4, 0.5) is 5.69 Å². The highest BCUT2D eigenvalue weighted by Crippen LogP contribution is 2.15. The summed E-state index contributed by atoms with van der Waals surface area (Å²) < 4.78 is 32.1. The molecule has 0 spiro atoms. The number of nitrogens with one attached hydrogen (secondary N) is 1. The van der Waals surface area contributed by atoms with Crippen molar-refractivity contribution in [2.45, 2.75) is 19.3 Å². The maximum absolute atomic E-state index is 12.2. The standard InChI is InChI=1S/C16H19NO3S/c1-13-5-3-7-15(9-13)12-21(18,19)17-16-8-4-6-14(10-16)11-20-2/h3-10,17H,11-12H2,1-2H3. The van der Waals surface area contributed by atoms with Crippen LogP contribution >= 0.6 is 0 Å². The lowest BCUT2D eigenvalue weighted by Gasteiger charge is -2.10. The quantitative estimate of drug-likeness (QED) is 0.892. The fourth-order valence-corrected chi connectivity index (χ4v) is 3.30. The number of sulfonamides is 1. The molecule has 2 aromatic rings. The van der Waals surface area contributed by atoms with Gasteiger partial charge in [0.15, 0.2) is 0 Å². The first-order chi connectivity index (χ1) is 9.98. The Hall–Kier alpha value is -1.85. The molecule has 0 unspecified atom stereocenters. The molecule has 1 N–H and O–H groups in total. The summed E-state index contributed by atoms with van der Waals surface area (Å²) >= 11 is 0. The average Bonchev–Trinajstić information content (AvgIpc) is 2.38. The molecule has 21 heavy (non-hydrogen) atoms. The average molecular weight is 305 g/mol. The van der Waals surface area contributed by atoms with Crippen molar-refractivity contribution in [2.24, 2.45) is 0 Å². The first-order valence-electron chi connectivity index (χ1n) is 6.62. The molecule has 4 nitrogen and oxygen atoms in total. The molecular formula is C16H19NO3S. The van der Waals surface area contributed by atoms with Gasteiger partial charge in [0.2, 0.25) is 10.0 Å². The zero-order chi connectivity index (χ0) is 15.3. The molecule has 5 heteroatoms. The third-order valence-corrected chi connectivity index (χ3v) is 4.21. The van der Waals surface area contributed by atoms with Gasteiger partial charge < -0.3 is 4.74 Å². The van der Waals surface area contributed by atoms with E-state index in [4.69, 9.17) is 4.74 Å². The van der Waals surface area contributed by atoms with Crippen LogP contribution < -0.4 is 4.72 Å². The topological polar surface area (TPSA) is 55.4 Å². The van der Waals surface area contributed by atoms with Crippen molar-refractivity contribution in [1.82, 2.24) is 0 Å². The number of anilines is 1. The molecule has 112 valence electrons. The normalized spacial score (nSPS) is 11.3. The van der Waals surface area contributed by atoms with Gasteiger partial charge in [-0.3, -0.25) is 4.72 Å². The van der Waals surface area contributed by atoms with E-state index in [0.29, 0.717) is 12.3 Å². The Morgan fingerprint density at radius 1 is 1.05 bits per heavy atom. The van der Waals surface area contributed by atoms with Crippen LogP contribution in [0.15, 0.2) is 48.5 Å². The van der Waals surface area contributed by atoms with Gasteiger partial charge in [-0.25, -0.2) is 8.42 Å². The van der Waals surface area contributed by atoms with Crippen LogP contribution in [-0.4, -0.2) is 15.5 Å². The van der Waals surface area contributed by atoms with Gasteiger partial charge in [0.1, 0.15) is 0 Å². The molecule has 2 rings (SSSR count). The lowest BCUT2D eigenvalue weighted by Crippen LogP contribution is -2.15. The fraction of sp³-hybridized carbons (Fsp3) is 0.250. The van der Waals surface area contributed by atoms with Crippen molar-refractivity contribution in [1.29, 1.82) is 0 Å². The van der Waals surface area contributed by atoms with Crippen molar-refractivity contribution in [3.05, 3.63) is 65.2 Å². The molecule has 0 heterocycles. The van der Waals surface area contributed by atoms with Gasteiger partial charge >= 0.3 is 0 Å². The summed E-state index contributed by atoms with van der Waals surface area (Å²) in [5, 5.41) is 0. The molecular weight excluding hydrogens is 286 g/mol. The molecule has 0 fully saturated rings. The highest BCUT2D eigenvalue weighted by molar-refractivity contribution is 7.91. The van der Waals surface area contributed by atoms with Crippen LogP contribution in [0.1, 0.15) is 16.7 Å². The second-order valence-corrected chi connectivity index (χ2v) is 6.71. The third-order valence-electron chi connectivity index (χ3n) is 2.95. The molecule has 2 aromatic carbocycles. The van der Waals surface area contributed by atoms with Crippen LogP contribution in [0.5, 0.6) is 0 Å². The van der Waals surface area contributed by atoms with Crippen LogP contribution in [0, 0.1) is 6.92 Å². The number of hydrogen-bond acceptors (Lipinski definition) is 3. The summed E-state index contributed by atoms with van der Waals surface area (Å²) in [6.07, 6.45) is 0. The van der Waals surface area contributed by atoms with E-state index in [0.717, 1.165) is 16.7 Å². The lowest BCUT2D eigenvalue weighted by atomic mass is 10.2. The second-order valence-electron chi connectivity index (χ2n) is 4.98. The molecule has 0 atom stereocenters. The molecule has 0 aromatic heterocycles. The Morgan fingerprint density at radius 3 is 2.48 bits per heavy atom. The molecule has 0 aliphatic heterocycles. The zero-order valence-electron chi connectivity index (χ0n) is 12.2. The van der Waals surface area contributed by atoms with Crippen molar-refractivity contribution in [3.63, 3.8) is 0 Å². The largest absolute Gasteiger partial charge is 0.380 e. The maximum atomic E-state index is 12.2. The summed E-state index contributed by atoms with van der Waals surface area (Å²) in [4.78, 5) is 0. The SMILES string of the molecule is COCc1cccc(NS(=O)(=O)Cc2cccc(C)c2)c1. The lowest BCUT2D eigenvalue weighted by molar-refractivity contribution is 0.185. The van der Waals surface area contributed by atoms with E-state index in [9.17, 15) is 8.42 Å². The second kappa shape index (κ2) is 6.74. The molecule has 0 aliphatic rings. The summed E-state index contributed by atoms with van der Waals surface area (Å²) in [6, 6.07) is 14.7. The van der Waals surface area contributed by atoms with E-state index in [-0.39, 0.29) is 5.75 Å². The monoisotopic (exact) mass is 305 g/mol. The Kier molecular flexibility index (Phi) is 4.98. The smallest absolute Gasteiger partial charge is 0.236 e. The summed E-state index contributed by atoms with van der Waals surface area (Å²) in [5.41, 5.74) is 3.30. The van der Waals surface area contributed by atoms with Crippen molar-refractivity contribution in [3.8, 4) is 0 Å². The van der Waals surface area contributed by atoms with E-state index < -0.39 is 10.0 Å². The van der Waals surface area contributed by atoms with Crippen LogP contribution in [-0.2, 0) is 27.1 Å². The number of hydrogen-bond donors (Lipinski definition) is 1. The molecule has 0 aliphatic carbocycles. The number of benzene rings is 2. The van der Waals surface area contributed by atoms with E-state index in [1.807, 2.05) is 37.3 Å². The van der Waals surface area contributed by atoms with Gasteiger partial charge in [-0.2, -0.15) is 0 Å². The Labute approximate surface area is 125 Å². The number of aryl methyl sites for hydroxylation is 1. The number of methoxy groups -OCH3 is 1. The van der Waals surface area contributed by atoms with Gasteiger partial charge in [-0.15, -0.1) is 0 Å². The first kappa shape index (κ1) is 15.5. The van der Waals surface area contributed by atoms with E-state index >= 15 is 0 Å². The predicted octanol–water partition coefficient (Wildman–Crippen LogP) is 3.08. The third kappa shape index (κ3) is 4.88. The first-order valence-corrected chi connectivity index (χ1v) is 8.28. The minimum absolute atomic E-state index is 0.0385. The Bertz CT molecular complexity index is 711. The minimum atomic E-state index is -3.43.